The van der Waals surface area contributed by atoms with Crippen LogP contribution in [0.2, 0.25) is 0 Å². The van der Waals surface area contributed by atoms with E-state index in [4.69, 9.17) is 0 Å². The molecule has 1 aromatic carbocycles. The predicted molar refractivity (Wildman–Crippen MR) is 66.2 cm³/mol. The fourth-order valence-corrected chi connectivity index (χ4v) is 2.55. The molecule has 0 aliphatic rings. The van der Waals surface area contributed by atoms with E-state index in [1.165, 1.54) is 6.07 Å². The van der Waals surface area contributed by atoms with Crippen LogP contribution >= 0.6 is 31.9 Å². The first kappa shape index (κ1) is 15.0. The number of aryl methyl sites for hydroxylation is 2. The molecule has 0 aliphatic carbocycles. The van der Waals surface area contributed by atoms with Crippen LogP contribution in [0.15, 0.2) is 16.6 Å². The van der Waals surface area contributed by atoms with Gasteiger partial charge in [0.2, 0.25) is 0 Å². The molecular weight excluding hydrogens is 368 g/mol. The van der Waals surface area contributed by atoms with Gasteiger partial charge in [-0.25, -0.2) is 8.78 Å². The lowest BCUT2D eigenvalue weighted by Gasteiger charge is -2.23. The molecule has 0 aromatic heterocycles. The van der Waals surface area contributed by atoms with E-state index in [-0.39, 0.29) is 5.56 Å². The highest BCUT2D eigenvalue weighted by atomic mass is 79.9. The number of benzene rings is 1. The van der Waals surface area contributed by atoms with Crippen molar-refractivity contribution in [2.24, 2.45) is 0 Å². The third kappa shape index (κ3) is 3.02. The third-order valence-corrected chi connectivity index (χ3v) is 4.41. The molecule has 0 spiro atoms. The highest BCUT2D eigenvalue weighted by Crippen LogP contribution is 2.44. The van der Waals surface area contributed by atoms with Gasteiger partial charge in [-0.3, -0.25) is 0 Å². The first-order chi connectivity index (χ1) is 7.67. The van der Waals surface area contributed by atoms with Crippen molar-refractivity contribution in [2.75, 3.05) is 0 Å². The quantitative estimate of drug-likeness (QED) is 0.488. The first-order valence-electron chi connectivity index (χ1n) is 4.74. The van der Waals surface area contributed by atoms with Crippen LogP contribution in [0.4, 0.5) is 17.6 Å². The molecule has 0 radical (unpaired) electrons. The van der Waals surface area contributed by atoms with Gasteiger partial charge in [-0.1, -0.05) is 37.9 Å². The molecular formula is C11H10Br2F4. The van der Waals surface area contributed by atoms with Crippen molar-refractivity contribution in [2.45, 2.75) is 31.0 Å². The number of alkyl halides is 5. The standard InChI is InChI=1S/C11H10Br2F4/c1-5-4-8(12)6(2)3-7(5)9(13)11(16,17)10(14)15/h3-4,9-10H,1-2H3. The summed E-state index contributed by atoms with van der Waals surface area (Å²) in [5.74, 6) is -4.09. The van der Waals surface area contributed by atoms with Crippen LogP contribution in [-0.4, -0.2) is 12.3 Å². The maximum absolute atomic E-state index is 13.2. The van der Waals surface area contributed by atoms with Crippen molar-refractivity contribution in [3.8, 4) is 0 Å². The SMILES string of the molecule is Cc1cc(C(Br)C(F)(F)C(F)F)c(C)cc1Br. The van der Waals surface area contributed by atoms with E-state index in [1.807, 2.05) is 0 Å². The fraction of sp³-hybridized carbons (Fsp3) is 0.455. The summed E-state index contributed by atoms with van der Waals surface area (Å²) in [4.78, 5) is -1.69. The second-order valence-electron chi connectivity index (χ2n) is 3.80. The van der Waals surface area contributed by atoms with Gasteiger partial charge in [0.1, 0.15) is 4.83 Å². The number of hydrogen-bond donors (Lipinski definition) is 0. The second kappa shape index (κ2) is 5.26. The third-order valence-electron chi connectivity index (χ3n) is 2.45. The van der Waals surface area contributed by atoms with Crippen LogP contribution in [0.3, 0.4) is 0 Å². The van der Waals surface area contributed by atoms with E-state index >= 15 is 0 Å². The lowest BCUT2D eigenvalue weighted by Crippen LogP contribution is -2.31. The van der Waals surface area contributed by atoms with Crippen LogP contribution in [0.5, 0.6) is 0 Å². The Morgan fingerprint density at radius 2 is 1.65 bits per heavy atom. The molecule has 1 rings (SSSR count). The van der Waals surface area contributed by atoms with Crippen LogP contribution in [-0.2, 0) is 0 Å². The van der Waals surface area contributed by atoms with Gasteiger partial charge < -0.3 is 0 Å². The summed E-state index contributed by atoms with van der Waals surface area (Å²) < 4.78 is 51.8. The first-order valence-corrected chi connectivity index (χ1v) is 6.45. The Labute approximate surface area is 114 Å². The zero-order chi connectivity index (χ0) is 13.4. The summed E-state index contributed by atoms with van der Waals surface area (Å²) in [6.07, 6.45) is -3.70. The number of halogens is 6. The Kier molecular flexibility index (Phi) is 4.63. The maximum Gasteiger partial charge on any atom is 0.323 e. The van der Waals surface area contributed by atoms with Gasteiger partial charge in [-0.05, 0) is 36.6 Å². The molecule has 0 nitrogen and oxygen atoms in total. The van der Waals surface area contributed by atoms with E-state index in [0.29, 0.717) is 5.56 Å². The Balaban J connectivity index is 3.21. The summed E-state index contributed by atoms with van der Waals surface area (Å²) in [6, 6.07) is 3.12. The number of rotatable bonds is 3. The molecule has 1 aromatic rings. The number of hydrogen-bond acceptors (Lipinski definition) is 0. The fourth-order valence-electron chi connectivity index (χ4n) is 1.39. The van der Waals surface area contributed by atoms with Crippen LogP contribution in [0.25, 0.3) is 0 Å². The maximum atomic E-state index is 13.2. The smallest absolute Gasteiger partial charge is 0.204 e. The molecule has 96 valence electrons. The van der Waals surface area contributed by atoms with Crippen molar-refractivity contribution >= 4 is 31.9 Å². The highest BCUT2D eigenvalue weighted by molar-refractivity contribution is 9.10. The summed E-state index contributed by atoms with van der Waals surface area (Å²) in [5, 5.41) is 0. The molecule has 0 bridgehead atoms. The van der Waals surface area contributed by atoms with Crippen molar-refractivity contribution in [1.29, 1.82) is 0 Å². The Morgan fingerprint density at radius 1 is 1.12 bits per heavy atom. The lowest BCUT2D eigenvalue weighted by atomic mass is 9.99. The van der Waals surface area contributed by atoms with Gasteiger partial charge in [0.05, 0.1) is 0 Å². The molecule has 6 heteroatoms. The van der Waals surface area contributed by atoms with Crippen molar-refractivity contribution < 1.29 is 17.6 Å². The Bertz CT molecular complexity index is 418. The average molecular weight is 378 g/mol. The predicted octanol–water partition coefficient (Wildman–Crippen LogP) is 5.40. The molecule has 17 heavy (non-hydrogen) atoms. The Morgan fingerprint density at radius 3 is 2.12 bits per heavy atom. The monoisotopic (exact) mass is 376 g/mol. The molecule has 0 saturated heterocycles. The van der Waals surface area contributed by atoms with E-state index in [1.54, 1.807) is 19.9 Å². The van der Waals surface area contributed by atoms with Crippen LogP contribution in [0, 0.1) is 13.8 Å². The van der Waals surface area contributed by atoms with Gasteiger partial charge in [-0.2, -0.15) is 8.78 Å². The molecule has 0 fully saturated rings. The van der Waals surface area contributed by atoms with Gasteiger partial charge in [0, 0.05) is 4.47 Å². The molecule has 1 unspecified atom stereocenters. The highest BCUT2D eigenvalue weighted by Gasteiger charge is 2.48. The largest absolute Gasteiger partial charge is 0.323 e. The van der Waals surface area contributed by atoms with E-state index in [2.05, 4.69) is 31.9 Å². The second-order valence-corrected chi connectivity index (χ2v) is 5.57. The minimum atomic E-state index is -4.09. The zero-order valence-electron chi connectivity index (χ0n) is 9.08. The van der Waals surface area contributed by atoms with Gasteiger partial charge in [0.25, 0.3) is 0 Å². The topological polar surface area (TPSA) is 0 Å². The summed E-state index contributed by atoms with van der Waals surface area (Å²) in [5.41, 5.74) is 1.43. The lowest BCUT2D eigenvalue weighted by molar-refractivity contribution is -0.127. The molecule has 0 heterocycles. The van der Waals surface area contributed by atoms with Gasteiger partial charge in [0.15, 0.2) is 0 Å². The zero-order valence-corrected chi connectivity index (χ0v) is 12.2. The van der Waals surface area contributed by atoms with Crippen molar-refractivity contribution in [3.63, 3.8) is 0 Å². The van der Waals surface area contributed by atoms with E-state index in [9.17, 15) is 17.6 Å². The van der Waals surface area contributed by atoms with Gasteiger partial charge in [-0.15, -0.1) is 0 Å². The summed E-state index contributed by atoms with van der Waals surface area (Å²) >= 11 is 5.93. The average Bonchev–Trinajstić information content (AvgIpc) is 2.22. The summed E-state index contributed by atoms with van der Waals surface area (Å²) in [7, 11) is 0. The normalized spacial score (nSPS) is 14.2. The minimum absolute atomic E-state index is 0.177. The molecule has 0 amide bonds. The molecule has 1 atom stereocenters. The molecule has 0 saturated carbocycles. The van der Waals surface area contributed by atoms with Crippen LogP contribution < -0.4 is 0 Å². The van der Waals surface area contributed by atoms with Crippen molar-refractivity contribution in [1.82, 2.24) is 0 Å². The molecule has 0 aliphatic heterocycles. The Hall–Kier alpha value is -0.100. The van der Waals surface area contributed by atoms with Gasteiger partial charge >= 0.3 is 12.3 Å². The van der Waals surface area contributed by atoms with Crippen molar-refractivity contribution in [3.05, 3.63) is 33.3 Å². The van der Waals surface area contributed by atoms with E-state index in [0.717, 1.165) is 10.0 Å². The summed E-state index contributed by atoms with van der Waals surface area (Å²) in [6.45, 7) is 3.32. The van der Waals surface area contributed by atoms with E-state index < -0.39 is 17.2 Å². The van der Waals surface area contributed by atoms with Crippen LogP contribution in [0.1, 0.15) is 21.5 Å². The minimum Gasteiger partial charge on any atom is -0.204 e. The molecule has 0 N–H and O–H groups in total.